The second-order valence-electron chi connectivity index (χ2n) is 19.7. The fraction of sp³-hybridized carbons (Fsp3) is 0.672. The lowest BCUT2D eigenvalue weighted by atomic mass is 10.1. The lowest BCUT2D eigenvalue weighted by Gasteiger charge is -2.27. The number of esters is 1. The number of unbranched alkanes of at least 4 members (excludes halogenated alkanes) is 17. The highest BCUT2D eigenvalue weighted by Crippen LogP contribution is 2.43. The summed E-state index contributed by atoms with van der Waals surface area (Å²) in [6, 6.07) is -0.903. The number of carbonyl (C=O) groups excluding carboxylic acids is 2. The van der Waals surface area contributed by atoms with Gasteiger partial charge in [0, 0.05) is 12.8 Å². The Balaban J connectivity index is 5.53. The molecular formula is C61H106N2O7P+. The van der Waals surface area contributed by atoms with E-state index in [0.717, 1.165) is 89.9 Å². The van der Waals surface area contributed by atoms with Crippen LogP contribution in [0.3, 0.4) is 0 Å². The molecule has 0 fully saturated rings. The van der Waals surface area contributed by atoms with Gasteiger partial charge in [-0.1, -0.05) is 208 Å². The number of allylic oxidation sites excluding steroid dienone is 17. The SMILES string of the molecule is CC/C=C/C/C=C/C/C=C/C/C=C/C/C=C/CCC(=O)NC(COP(=O)(O)OCC[N+](C)(C)C)C(/C=C/CCCCCCCCCCCC)OC(=O)CCCCCC/C=C\C/C=C\C/C=C\CCCCC. The molecule has 406 valence electrons. The number of phosphoric ester groups is 1. The molecule has 10 heteroatoms. The number of quaternary nitrogens is 1. The highest BCUT2D eigenvalue weighted by atomic mass is 31.2. The number of rotatable bonds is 49. The molecule has 0 aliphatic carbocycles. The molecule has 3 atom stereocenters. The van der Waals surface area contributed by atoms with Gasteiger partial charge in [0.25, 0.3) is 0 Å². The average Bonchev–Trinajstić information content (AvgIpc) is 3.33. The molecule has 0 aromatic heterocycles. The van der Waals surface area contributed by atoms with Crippen LogP contribution >= 0.6 is 7.82 Å². The molecule has 0 rings (SSSR count). The zero-order valence-corrected chi connectivity index (χ0v) is 47.1. The van der Waals surface area contributed by atoms with E-state index in [9.17, 15) is 19.0 Å². The Labute approximate surface area is 436 Å². The molecule has 9 nitrogen and oxygen atoms in total. The lowest BCUT2D eigenvalue weighted by molar-refractivity contribution is -0.870. The van der Waals surface area contributed by atoms with Crippen molar-refractivity contribution in [3.63, 3.8) is 0 Å². The third kappa shape index (κ3) is 51.4. The first kappa shape index (κ1) is 67.7. The van der Waals surface area contributed by atoms with E-state index in [-0.39, 0.29) is 37.9 Å². The molecule has 0 aliphatic rings. The van der Waals surface area contributed by atoms with E-state index in [4.69, 9.17) is 13.8 Å². The van der Waals surface area contributed by atoms with E-state index >= 15 is 0 Å². The standard InChI is InChI=1S/C61H105N2O7P/c1-7-10-13-16-19-22-25-28-30-32-34-36-39-42-45-48-51-54-61(65)70-59(52-49-46-43-40-37-27-24-21-18-15-12-9-3)58(57-69-71(66,67)68-56-55-63(4,5)6)62-60(64)53-50-47-44-41-38-35-33-31-29-26-23-20-17-14-11-8-2/h11,14,19-20,22-23,28-31,34-36,38,44,47,49,52,58-59H,7-10,12-13,15-18,21,24-27,32-33,37,39-43,45-46,48,50-51,53-57H2,1-6H3,(H-,62,64,66,67)/p+1/b14-11+,22-19-,23-20+,30-28-,31-29+,36-34-,38-35+,47-44+,52-49+. The Bertz CT molecular complexity index is 1580. The van der Waals surface area contributed by atoms with Gasteiger partial charge < -0.3 is 19.4 Å². The van der Waals surface area contributed by atoms with Crippen LogP contribution in [0.15, 0.2) is 109 Å². The molecule has 0 aliphatic heterocycles. The van der Waals surface area contributed by atoms with E-state index in [2.05, 4.69) is 111 Å². The number of carbonyl (C=O) groups is 2. The molecule has 0 aromatic rings. The van der Waals surface area contributed by atoms with Crippen LogP contribution in [0.25, 0.3) is 0 Å². The first-order valence-corrected chi connectivity index (χ1v) is 29.7. The molecular weight excluding hydrogens is 904 g/mol. The fourth-order valence-corrected chi connectivity index (χ4v) is 8.08. The maximum absolute atomic E-state index is 13.4. The molecule has 0 heterocycles. The summed E-state index contributed by atoms with van der Waals surface area (Å²) < 4.78 is 30.5. The van der Waals surface area contributed by atoms with Crippen LogP contribution in [-0.4, -0.2) is 74.3 Å². The minimum Gasteiger partial charge on any atom is -0.456 e. The second-order valence-corrected chi connectivity index (χ2v) is 21.2. The van der Waals surface area contributed by atoms with E-state index < -0.39 is 20.0 Å². The fourth-order valence-electron chi connectivity index (χ4n) is 7.34. The van der Waals surface area contributed by atoms with Crippen molar-refractivity contribution in [2.45, 2.75) is 226 Å². The number of phosphoric acid groups is 1. The Morgan fingerprint density at radius 3 is 1.41 bits per heavy atom. The maximum Gasteiger partial charge on any atom is 0.472 e. The number of hydrogen-bond donors (Lipinski definition) is 2. The van der Waals surface area contributed by atoms with Crippen LogP contribution in [0.1, 0.15) is 213 Å². The number of nitrogens with one attached hydrogen (secondary N) is 1. The van der Waals surface area contributed by atoms with Crippen LogP contribution in [0.5, 0.6) is 0 Å². The first-order chi connectivity index (χ1) is 34.4. The zero-order chi connectivity index (χ0) is 52.2. The quantitative estimate of drug-likeness (QED) is 0.0205. The van der Waals surface area contributed by atoms with Crippen molar-refractivity contribution in [2.75, 3.05) is 40.9 Å². The van der Waals surface area contributed by atoms with Gasteiger partial charge in [0.1, 0.15) is 19.3 Å². The first-order valence-electron chi connectivity index (χ1n) is 28.2. The largest absolute Gasteiger partial charge is 0.472 e. The highest BCUT2D eigenvalue weighted by Gasteiger charge is 2.30. The van der Waals surface area contributed by atoms with Crippen molar-refractivity contribution in [1.29, 1.82) is 0 Å². The van der Waals surface area contributed by atoms with Crippen molar-refractivity contribution in [2.24, 2.45) is 0 Å². The second kappa shape index (κ2) is 50.2. The van der Waals surface area contributed by atoms with Gasteiger partial charge in [-0.05, 0) is 102 Å². The third-order valence-corrected chi connectivity index (χ3v) is 12.7. The van der Waals surface area contributed by atoms with E-state index in [1.54, 1.807) is 0 Å². The molecule has 0 spiro atoms. The van der Waals surface area contributed by atoms with Crippen LogP contribution in [0, 0.1) is 0 Å². The van der Waals surface area contributed by atoms with Crippen LogP contribution in [-0.2, 0) is 27.9 Å². The number of hydrogen-bond acceptors (Lipinski definition) is 6. The Morgan fingerprint density at radius 1 is 0.507 bits per heavy atom. The number of amides is 1. The molecule has 3 unspecified atom stereocenters. The van der Waals surface area contributed by atoms with Crippen molar-refractivity contribution in [3.05, 3.63) is 109 Å². The van der Waals surface area contributed by atoms with Gasteiger partial charge in [-0.15, -0.1) is 0 Å². The summed E-state index contributed by atoms with van der Waals surface area (Å²) >= 11 is 0. The Kier molecular flexibility index (Phi) is 47.9. The van der Waals surface area contributed by atoms with Gasteiger partial charge in [0.2, 0.25) is 5.91 Å². The van der Waals surface area contributed by atoms with E-state index in [0.29, 0.717) is 23.9 Å². The predicted molar refractivity (Wildman–Crippen MR) is 304 cm³/mol. The molecule has 0 aromatic carbocycles. The van der Waals surface area contributed by atoms with Gasteiger partial charge in [0.05, 0.1) is 33.8 Å². The highest BCUT2D eigenvalue weighted by molar-refractivity contribution is 7.47. The minimum atomic E-state index is -4.47. The van der Waals surface area contributed by atoms with Crippen molar-refractivity contribution in [1.82, 2.24) is 5.32 Å². The number of likely N-dealkylation sites (N-methyl/N-ethyl adjacent to an activating group) is 1. The van der Waals surface area contributed by atoms with Crippen molar-refractivity contribution < 1.29 is 37.3 Å². The normalized spacial score (nSPS) is 14.6. The van der Waals surface area contributed by atoms with Crippen molar-refractivity contribution in [3.8, 4) is 0 Å². The van der Waals surface area contributed by atoms with E-state index in [1.165, 1.54) is 77.0 Å². The molecule has 0 bridgehead atoms. The smallest absolute Gasteiger partial charge is 0.456 e. The summed E-state index contributed by atoms with van der Waals surface area (Å²) in [7, 11) is 1.42. The summed E-state index contributed by atoms with van der Waals surface area (Å²) in [4.78, 5) is 37.5. The van der Waals surface area contributed by atoms with Crippen LogP contribution in [0.4, 0.5) is 0 Å². The Morgan fingerprint density at radius 2 is 0.915 bits per heavy atom. The molecule has 0 radical (unpaired) electrons. The maximum atomic E-state index is 13.4. The summed E-state index contributed by atoms with van der Waals surface area (Å²) in [6.45, 7) is 6.77. The molecule has 0 saturated carbocycles. The van der Waals surface area contributed by atoms with Gasteiger partial charge in [-0.3, -0.25) is 18.6 Å². The minimum absolute atomic E-state index is 0.0176. The molecule has 0 saturated heterocycles. The van der Waals surface area contributed by atoms with Gasteiger partial charge in [-0.25, -0.2) is 4.57 Å². The molecule has 2 N–H and O–H groups in total. The zero-order valence-electron chi connectivity index (χ0n) is 46.2. The predicted octanol–water partition coefficient (Wildman–Crippen LogP) is 17.0. The average molecular weight is 1010 g/mol. The van der Waals surface area contributed by atoms with Crippen LogP contribution in [0.2, 0.25) is 0 Å². The van der Waals surface area contributed by atoms with Crippen molar-refractivity contribution >= 4 is 19.7 Å². The monoisotopic (exact) mass is 1010 g/mol. The number of nitrogens with zero attached hydrogens (tertiary/aromatic N) is 1. The number of ether oxygens (including phenoxy) is 1. The Hall–Kier alpha value is -3.33. The third-order valence-electron chi connectivity index (χ3n) is 11.7. The van der Waals surface area contributed by atoms with E-state index in [1.807, 2.05) is 45.4 Å². The lowest BCUT2D eigenvalue weighted by Crippen LogP contribution is -2.47. The summed E-state index contributed by atoms with van der Waals surface area (Å²) in [5, 5.41) is 2.99. The summed E-state index contributed by atoms with van der Waals surface area (Å²) in [6.07, 6.45) is 68.1. The molecule has 71 heavy (non-hydrogen) atoms. The molecule has 1 amide bonds. The van der Waals surface area contributed by atoms with Crippen LogP contribution < -0.4 is 5.32 Å². The van der Waals surface area contributed by atoms with Gasteiger partial charge in [-0.2, -0.15) is 0 Å². The summed E-state index contributed by atoms with van der Waals surface area (Å²) in [5.74, 6) is -0.636. The summed E-state index contributed by atoms with van der Waals surface area (Å²) in [5.41, 5.74) is 0. The van der Waals surface area contributed by atoms with Gasteiger partial charge in [0.15, 0.2) is 0 Å². The topological polar surface area (TPSA) is 111 Å². The van der Waals surface area contributed by atoms with Gasteiger partial charge >= 0.3 is 13.8 Å².